The predicted octanol–water partition coefficient (Wildman–Crippen LogP) is 2.64. The summed E-state index contributed by atoms with van der Waals surface area (Å²) in [7, 11) is 3.02. The topological polar surface area (TPSA) is 44.8 Å². The number of carbonyl (C=O) groups excluding carboxylic acids is 1. The van der Waals surface area contributed by atoms with Crippen molar-refractivity contribution in [2.24, 2.45) is 0 Å². The molecule has 1 aromatic rings. The number of benzene rings is 1. The van der Waals surface area contributed by atoms with Crippen LogP contribution in [-0.2, 0) is 4.74 Å². The first-order chi connectivity index (χ1) is 7.60. The van der Waals surface area contributed by atoms with Crippen molar-refractivity contribution in [1.29, 1.82) is 0 Å². The lowest BCUT2D eigenvalue weighted by Gasteiger charge is -2.13. The Bertz CT molecular complexity index is 390. The fourth-order valence-electron chi connectivity index (χ4n) is 1.30. The van der Waals surface area contributed by atoms with Crippen LogP contribution in [0, 0.1) is 0 Å². The van der Waals surface area contributed by atoms with Crippen LogP contribution < -0.4 is 9.47 Å². The van der Waals surface area contributed by atoms with Gasteiger partial charge in [-0.25, -0.2) is 0 Å². The van der Waals surface area contributed by atoms with Gasteiger partial charge < -0.3 is 14.2 Å². The van der Waals surface area contributed by atoms with Crippen molar-refractivity contribution >= 4 is 21.7 Å². The molecule has 0 unspecified atom stereocenters. The molecule has 88 valence electrons. The van der Waals surface area contributed by atoms with E-state index in [0.29, 0.717) is 17.1 Å². The molecular weight excluding hydrogens is 276 g/mol. The first kappa shape index (κ1) is 13.0. The number of hydrogen-bond acceptors (Lipinski definition) is 4. The van der Waals surface area contributed by atoms with E-state index in [1.54, 1.807) is 12.1 Å². The summed E-state index contributed by atoms with van der Waals surface area (Å²) in [6.07, 6.45) is 0. The molecule has 5 heteroatoms. The Labute approximate surface area is 103 Å². The molecule has 0 saturated heterocycles. The van der Waals surface area contributed by atoms with Gasteiger partial charge in [0.15, 0.2) is 12.6 Å². The molecule has 0 N–H and O–H groups in total. The highest BCUT2D eigenvalue weighted by Gasteiger charge is 2.16. The molecule has 16 heavy (non-hydrogen) atoms. The minimum absolute atomic E-state index is 0.0832. The van der Waals surface area contributed by atoms with Gasteiger partial charge in [0.05, 0.1) is 7.11 Å². The minimum Gasteiger partial charge on any atom is -0.496 e. The lowest BCUT2D eigenvalue weighted by Crippen LogP contribution is -2.06. The number of Topliss-reactive ketones (excluding diaryl/α,β-unsaturated/α-hetero) is 1. The van der Waals surface area contributed by atoms with Crippen molar-refractivity contribution in [3.8, 4) is 11.5 Å². The SMILES string of the molecule is COCOc1cc(Br)cc(OC)c1C(C)=O. The Morgan fingerprint density at radius 1 is 1.31 bits per heavy atom. The van der Waals surface area contributed by atoms with E-state index >= 15 is 0 Å². The molecule has 1 rings (SSSR count). The van der Waals surface area contributed by atoms with E-state index in [1.165, 1.54) is 21.1 Å². The Hall–Kier alpha value is -1.07. The van der Waals surface area contributed by atoms with Crippen LogP contribution in [0.1, 0.15) is 17.3 Å². The highest BCUT2D eigenvalue weighted by atomic mass is 79.9. The van der Waals surface area contributed by atoms with Crippen molar-refractivity contribution in [2.75, 3.05) is 21.0 Å². The zero-order chi connectivity index (χ0) is 12.1. The number of hydrogen-bond donors (Lipinski definition) is 0. The van der Waals surface area contributed by atoms with Gasteiger partial charge in [-0.3, -0.25) is 4.79 Å². The Morgan fingerprint density at radius 3 is 2.44 bits per heavy atom. The summed E-state index contributed by atoms with van der Waals surface area (Å²) in [6.45, 7) is 1.55. The molecule has 0 saturated carbocycles. The van der Waals surface area contributed by atoms with E-state index < -0.39 is 0 Å². The maximum Gasteiger partial charge on any atom is 0.188 e. The van der Waals surface area contributed by atoms with Crippen LogP contribution in [0.3, 0.4) is 0 Å². The quantitative estimate of drug-likeness (QED) is 0.617. The molecule has 0 amide bonds. The van der Waals surface area contributed by atoms with Gasteiger partial charge in [0, 0.05) is 11.6 Å². The van der Waals surface area contributed by atoms with Gasteiger partial charge in [0.25, 0.3) is 0 Å². The molecule has 1 aromatic carbocycles. The third-order valence-electron chi connectivity index (χ3n) is 1.94. The van der Waals surface area contributed by atoms with E-state index in [2.05, 4.69) is 15.9 Å². The van der Waals surface area contributed by atoms with E-state index in [-0.39, 0.29) is 12.6 Å². The van der Waals surface area contributed by atoms with E-state index in [1.807, 2.05) is 0 Å². The summed E-state index contributed by atoms with van der Waals surface area (Å²) in [5, 5.41) is 0. The van der Waals surface area contributed by atoms with Gasteiger partial charge in [-0.05, 0) is 19.1 Å². The maximum atomic E-state index is 11.5. The molecule has 0 aliphatic heterocycles. The van der Waals surface area contributed by atoms with Crippen molar-refractivity contribution < 1.29 is 19.0 Å². The zero-order valence-corrected chi connectivity index (χ0v) is 11.0. The summed E-state index contributed by atoms with van der Waals surface area (Å²) in [5.41, 5.74) is 0.419. The number of halogens is 1. The van der Waals surface area contributed by atoms with E-state index in [0.717, 1.165) is 4.47 Å². The lowest BCUT2D eigenvalue weighted by atomic mass is 10.1. The molecular formula is C11H13BrO4. The first-order valence-electron chi connectivity index (χ1n) is 4.60. The number of ether oxygens (including phenoxy) is 3. The van der Waals surface area contributed by atoms with Crippen LogP contribution in [0.15, 0.2) is 16.6 Å². The number of methoxy groups -OCH3 is 2. The van der Waals surface area contributed by atoms with Crippen LogP contribution in [0.25, 0.3) is 0 Å². The Balaban J connectivity index is 3.21. The average Bonchev–Trinajstić information content (AvgIpc) is 2.24. The highest BCUT2D eigenvalue weighted by Crippen LogP contribution is 2.33. The largest absolute Gasteiger partial charge is 0.496 e. The Kier molecular flexibility index (Phi) is 4.76. The Morgan fingerprint density at radius 2 is 1.94 bits per heavy atom. The van der Waals surface area contributed by atoms with Crippen molar-refractivity contribution in [3.63, 3.8) is 0 Å². The average molecular weight is 289 g/mol. The molecule has 0 aromatic heterocycles. The standard InChI is InChI=1S/C11H13BrO4/c1-7(13)11-9(15-3)4-8(12)5-10(11)16-6-14-2/h4-5H,6H2,1-3H3. The molecule has 0 aliphatic rings. The number of ketones is 1. The molecule has 0 spiro atoms. The first-order valence-corrected chi connectivity index (χ1v) is 5.39. The van der Waals surface area contributed by atoms with Crippen molar-refractivity contribution in [2.45, 2.75) is 6.92 Å². The van der Waals surface area contributed by atoms with Gasteiger partial charge in [-0.15, -0.1) is 0 Å². The van der Waals surface area contributed by atoms with E-state index in [4.69, 9.17) is 14.2 Å². The molecule has 0 radical (unpaired) electrons. The summed E-state index contributed by atoms with van der Waals surface area (Å²) >= 11 is 3.32. The monoisotopic (exact) mass is 288 g/mol. The number of rotatable bonds is 5. The normalized spacial score (nSPS) is 10.0. The summed E-state index contributed by atoms with van der Waals surface area (Å²) in [4.78, 5) is 11.5. The van der Waals surface area contributed by atoms with Gasteiger partial charge in [0.2, 0.25) is 0 Å². The fraction of sp³-hybridized carbons (Fsp3) is 0.364. The highest BCUT2D eigenvalue weighted by molar-refractivity contribution is 9.10. The fourth-order valence-corrected chi connectivity index (χ4v) is 1.72. The maximum absolute atomic E-state index is 11.5. The van der Waals surface area contributed by atoms with Crippen LogP contribution in [0.5, 0.6) is 11.5 Å². The van der Waals surface area contributed by atoms with Crippen LogP contribution in [0.4, 0.5) is 0 Å². The molecule has 0 aliphatic carbocycles. The third kappa shape index (κ3) is 2.96. The second-order valence-electron chi connectivity index (χ2n) is 3.09. The molecule has 4 nitrogen and oxygen atoms in total. The van der Waals surface area contributed by atoms with Crippen molar-refractivity contribution in [3.05, 3.63) is 22.2 Å². The smallest absolute Gasteiger partial charge is 0.188 e. The van der Waals surface area contributed by atoms with Crippen LogP contribution >= 0.6 is 15.9 Å². The summed E-state index contributed by atoms with van der Waals surface area (Å²) in [6, 6.07) is 3.43. The van der Waals surface area contributed by atoms with Gasteiger partial charge in [-0.2, -0.15) is 0 Å². The van der Waals surface area contributed by atoms with Gasteiger partial charge in [-0.1, -0.05) is 15.9 Å². The van der Waals surface area contributed by atoms with Crippen LogP contribution in [-0.4, -0.2) is 26.8 Å². The van der Waals surface area contributed by atoms with Gasteiger partial charge >= 0.3 is 0 Å². The number of carbonyl (C=O) groups is 1. The zero-order valence-electron chi connectivity index (χ0n) is 9.37. The van der Waals surface area contributed by atoms with Crippen molar-refractivity contribution in [1.82, 2.24) is 0 Å². The van der Waals surface area contributed by atoms with E-state index in [9.17, 15) is 4.79 Å². The van der Waals surface area contributed by atoms with Gasteiger partial charge in [0.1, 0.15) is 17.1 Å². The molecule has 0 fully saturated rings. The lowest BCUT2D eigenvalue weighted by molar-refractivity contribution is 0.0500. The minimum atomic E-state index is -0.115. The second kappa shape index (κ2) is 5.86. The summed E-state index contributed by atoms with van der Waals surface area (Å²) in [5.74, 6) is 0.809. The second-order valence-corrected chi connectivity index (χ2v) is 4.00. The molecule has 0 bridgehead atoms. The van der Waals surface area contributed by atoms with Crippen LogP contribution in [0.2, 0.25) is 0 Å². The predicted molar refractivity (Wildman–Crippen MR) is 63.2 cm³/mol. The summed E-state index contributed by atoms with van der Waals surface area (Å²) < 4.78 is 16.0. The molecule has 0 atom stereocenters. The third-order valence-corrected chi connectivity index (χ3v) is 2.39. The molecule has 0 heterocycles.